The SMILES string of the molecule is CN1CN([C@H]2O[C@@H](CO)C(O)C2O)C(=O)NC1=S. The van der Waals surface area contributed by atoms with Crippen molar-refractivity contribution in [2.75, 3.05) is 20.3 Å². The summed E-state index contributed by atoms with van der Waals surface area (Å²) in [5.41, 5.74) is 0. The highest BCUT2D eigenvalue weighted by molar-refractivity contribution is 7.80. The van der Waals surface area contributed by atoms with Crippen molar-refractivity contribution in [2.45, 2.75) is 24.5 Å². The minimum atomic E-state index is -1.27. The number of nitrogens with one attached hydrogen (secondary N) is 1. The molecule has 8 nitrogen and oxygen atoms in total. The zero-order valence-electron chi connectivity index (χ0n) is 9.68. The van der Waals surface area contributed by atoms with Crippen LogP contribution in [-0.2, 0) is 4.74 Å². The molecule has 2 unspecified atom stereocenters. The Morgan fingerprint density at radius 2 is 2.17 bits per heavy atom. The maximum atomic E-state index is 11.7. The number of carbonyl (C=O) groups excluding carboxylic acids is 1. The van der Waals surface area contributed by atoms with E-state index in [-0.39, 0.29) is 11.8 Å². The molecule has 0 aromatic carbocycles. The van der Waals surface area contributed by atoms with Crippen molar-refractivity contribution < 1.29 is 24.9 Å². The second-order valence-corrected chi connectivity index (χ2v) is 4.66. The summed E-state index contributed by atoms with van der Waals surface area (Å²) >= 11 is 4.91. The molecule has 2 aliphatic rings. The van der Waals surface area contributed by atoms with Crippen LogP contribution in [0.3, 0.4) is 0 Å². The fourth-order valence-electron chi connectivity index (χ4n) is 1.95. The molecule has 0 aromatic heterocycles. The van der Waals surface area contributed by atoms with Crippen LogP contribution in [0.1, 0.15) is 0 Å². The number of ether oxygens (including phenoxy) is 1. The van der Waals surface area contributed by atoms with Crippen molar-refractivity contribution in [1.29, 1.82) is 0 Å². The van der Waals surface area contributed by atoms with Crippen LogP contribution in [0.25, 0.3) is 0 Å². The fraction of sp³-hybridized carbons (Fsp3) is 0.778. The van der Waals surface area contributed by atoms with Crippen molar-refractivity contribution >= 4 is 23.4 Å². The number of thiocarbonyl (C=S) groups is 1. The number of amides is 2. The lowest BCUT2D eigenvalue weighted by Crippen LogP contribution is -2.62. The highest BCUT2D eigenvalue weighted by atomic mass is 32.1. The Labute approximate surface area is 109 Å². The molecule has 0 aliphatic carbocycles. The van der Waals surface area contributed by atoms with Gasteiger partial charge in [0.05, 0.1) is 13.3 Å². The number of aliphatic hydroxyl groups excluding tert-OH is 3. The number of urea groups is 1. The van der Waals surface area contributed by atoms with Gasteiger partial charge in [-0.2, -0.15) is 0 Å². The van der Waals surface area contributed by atoms with Gasteiger partial charge in [0.25, 0.3) is 0 Å². The monoisotopic (exact) mass is 277 g/mol. The molecule has 0 radical (unpaired) electrons. The van der Waals surface area contributed by atoms with Gasteiger partial charge in [-0.25, -0.2) is 4.79 Å². The van der Waals surface area contributed by atoms with Gasteiger partial charge in [-0.3, -0.25) is 10.2 Å². The zero-order valence-corrected chi connectivity index (χ0v) is 10.5. The van der Waals surface area contributed by atoms with E-state index in [1.165, 1.54) is 4.90 Å². The lowest BCUT2D eigenvalue weighted by atomic mass is 10.1. The van der Waals surface area contributed by atoms with Crippen LogP contribution in [0.15, 0.2) is 0 Å². The molecular formula is C9H15N3O5S. The average Bonchev–Trinajstić information content (AvgIpc) is 2.61. The van der Waals surface area contributed by atoms with Gasteiger partial charge in [0.15, 0.2) is 11.3 Å². The van der Waals surface area contributed by atoms with Crippen LogP contribution in [0.5, 0.6) is 0 Å². The smallest absolute Gasteiger partial charge is 0.327 e. The predicted molar refractivity (Wildman–Crippen MR) is 63.4 cm³/mol. The van der Waals surface area contributed by atoms with Crippen LogP contribution in [0.2, 0.25) is 0 Å². The van der Waals surface area contributed by atoms with Crippen LogP contribution in [-0.4, -0.2) is 81.1 Å². The molecule has 0 spiro atoms. The molecule has 102 valence electrons. The van der Waals surface area contributed by atoms with Gasteiger partial charge in [-0.15, -0.1) is 0 Å². The standard InChI is InChI=1S/C9H15N3O5S/c1-11-3-12(8(16)10-9(11)18)7-6(15)5(14)4(2-13)17-7/h4-7,13-15H,2-3H2,1H3,(H,10,16,18)/t4-,5?,6?,7-/m0/s1. The van der Waals surface area contributed by atoms with E-state index < -0.39 is 37.2 Å². The summed E-state index contributed by atoms with van der Waals surface area (Å²) in [7, 11) is 1.68. The van der Waals surface area contributed by atoms with E-state index in [1.807, 2.05) is 0 Å². The van der Waals surface area contributed by atoms with Gasteiger partial charge < -0.3 is 25.0 Å². The zero-order chi connectivity index (χ0) is 13.4. The van der Waals surface area contributed by atoms with Crippen LogP contribution < -0.4 is 5.32 Å². The lowest BCUT2D eigenvalue weighted by molar-refractivity contribution is -0.0883. The van der Waals surface area contributed by atoms with Gasteiger partial charge in [-0.05, 0) is 12.2 Å². The van der Waals surface area contributed by atoms with Gasteiger partial charge in [0.2, 0.25) is 0 Å². The number of hydrogen-bond acceptors (Lipinski definition) is 6. The van der Waals surface area contributed by atoms with E-state index in [2.05, 4.69) is 5.32 Å². The average molecular weight is 277 g/mol. The molecule has 2 heterocycles. The molecule has 4 N–H and O–H groups in total. The number of rotatable bonds is 2. The Hall–Kier alpha value is -1.00. The minimum Gasteiger partial charge on any atom is -0.394 e. The summed E-state index contributed by atoms with van der Waals surface area (Å²) in [6.07, 6.45) is -4.42. The Morgan fingerprint density at radius 1 is 1.50 bits per heavy atom. The third kappa shape index (κ3) is 2.15. The first-order chi connectivity index (χ1) is 8.45. The summed E-state index contributed by atoms with van der Waals surface area (Å²) in [6.45, 7) is -0.296. The Kier molecular flexibility index (Phi) is 3.69. The number of nitrogens with zero attached hydrogens (tertiary/aromatic N) is 2. The fourth-order valence-corrected chi connectivity index (χ4v) is 2.09. The first kappa shape index (κ1) is 13.4. The van der Waals surface area contributed by atoms with E-state index in [1.54, 1.807) is 11.9 Å². The third-order valence-corrected chi connectivity index (χ3v) is 3.42. The van der Waals surface area contributed by atoms with E-state index >= 15 is 0 Å². The molecular weight excluding hydrogens is 262 g/mol. The van der Waals surface area contributed by atoms with Crippen molar-refractivity contribution in [1.82, 2.24) is 15.1 Å². The van der Waals surface area contributed by atoms with E-state index in [9.17, 15) is 15.0 Å². The predicted octanol–water partition coefficient (Wildman–Crippen LogP) is -2.38. The topological polar surface area (TPSA) is 106 Å². The third-order valence-electron chi connectivity index (χ3n) is 3.01. The highest BCUT2D eigenvalue weighted by Gasteiger charge is 2.47. The summed E-state index contributed by atoms with van der Waals surface area (Å²) in [5, 5.41) is 31.1. The van der Waals surface area contributed by atoms with Gasteiger partial charge in [0, 0.05) is 7.05 Å². The molecule has 2 saturated heterocycles. The molecule has 2 rings (SSSR count). The molecule has 18 heavy (non-hydrogen) atoms. The second kappa shape index (κ2) is 4.94. The number of aliphatic hydroxyl groups is 3. The molecule has 9 heteroatoms. The first-order valence-corrected chi connectivity index (χ1v) is 5.81. The van der Waals surface area contributed by atoms with Crippen LogP contribution in [0, 0.1) is 0 Å². The molecule has 2 aliphatic heterocycles. The summed E-state index contributed by atoms with van der Waals surface area (Å²) in [4.78, 5) is 14.5. The molecule has 4 atom stereocenters. The lowest BCUT2D eigenvalue weighted by Gasteiger charge is -2.38. The van der Waals surface area contributed by atoms with E-state index in [0.717, 1.165) is 0 Å². The normalized spacial score (nSPS) is 37.1. The Bertz CT molecular complexity index is 368. The maximum Gasteiger partial charge on any atom is 0.327 e. The van der Waals surface area contributed by atoms with E-state index in [4.69, 9.17) is 22.1 Å². The van der Waals surface area contributed by atoms with Gasteiger partial charge >= 0.3 is 6.03 Å². The summed E-state index contributed by atoms with van der Waals surface area (Å²) in [6, 6.07) is -0.507. The highest BCUT2D eigenvalue weighted by Crippen LogP contribution is 2.25. The summed E-state index contributed by atoms with van der Waals surface area (Å²) < 4.78 is 5.27. The quantitative estimate of drug-likeness (QED) is 0.418. The van der Waals surface area contributed by atoms with Gasteiger partial charge in [-0.1, -0.05) is 0 Å². The van der Waals surface area contributed by atoms with Crippen LogP contribution >= 0.6 is 12.2 Å². The molecule has 0 saturated carbocycles. The first-order valence-electron chi connectivity index (χ1n) is 5.41. The van der Waals surface area contributed by atoms with Crippen molar-refractivity contribution in [3.8, 4) is 0 Å². The van der Waals surface area contributed by atoms with Crippen molar-refractivity contribution in [2.24, 2.45) is 0 Å². The maximum absolute atomic E-state index is 11.7. The molecule has 0 bridgehead atoms. The van der Waals surface area contributed by atoms with Crippen LogP contribution in [0.4, 0.5) is 4.79 Å². The minimum absolute atomic E-state index is 0.136. The van der Waals surface area contributed by atoms with Gasteiger partial charge in [0.1, 0.15) is 18.3 Å². The molecule has 0 aromatic rings. The van der Waals surface area contributed by atoms with Crippen molar-refractivity contribution in [3.05, 3.63) is 0 Å². The number of hydrogen-bond donors (Lipinski definition) is 4. The van der Waals surface area contributed by atoms with Crippen molar-refractivity contribution in [3.63, 3.8) is 0 Å². The molecule has 2 fully saturated rings. The second-order valence-electron chi connectivity index (χ2n) is 4.27. The van der Waals surface area contributed by atoms with E-state index in [0.29, 0.717) is 0 Å². The Balaban J connectivity index is 2.12. The summed E-state index contributed by atoms with van der Waals surface area (Å²) in [5.74, 6) is 0. The largest absolute Gasteiger partial charge is 0.394 e. The Morgan fingerprint density at radius 3 is 2.72 bits per heavy atom. The number of carbonyl (C=O) groups is 1. The molecule has 2 amide bonds.